The molecular weight excluding hydrogens is 386 g/mol. The summed E-state index contributed by atoms with van der Waals surface area (Å²) in [6.07, 6.45) is 2.14. The topological polar surface area (TPSA) is 151 Å². The first-order valence-electron chi connectivity index (χ1n) is 9.90. The van der Waals surface area contributed by atoms with E-state index >= 15 is 0 Å². The van der Waals surface area contributed by atoms with Gasteiger partial charge < -0.3 is 16.2 Å². The lowest BCUT2D eigenvalue weighted by molar-refractivity contribution is -0.142. The van der Waals surface area contributed by atoms with Gasteiger partial charge in [0.1, 0.15) is 11.4 Å². The number of amidine groups is 1. The van der Waals surface area contributed by atoms with E-state index in [2.05, 4.69) is 10.4 Å². The first-order chi connectivity index (χ1) is 14.3. The van der Waals surface area contributed by atoms with Gasteiger partial charge in [-0.1, -0.05) is 24.3 Å². The minimum Gasteiger partial charge on any atom is -0.481 e. The fraction of sp³-hybridized carbons (Fsp3) is 0.381. The monoisotopic (exact) mass is 411 g/mol. The fourth-order valence-corrected chi connectivity index (χ4v) is 3.63. The van der Waals surface area contributed by atoms with Gasteiger partial charge in [-0.05, 0) is 38.7 Å². The number of rotatable bonds is 6. The number of nitrogens with zero attached hydrogens (tertiary/aromatic N) is 2. The van der Waals surface area contributed by atoms with Crippen LogP contribution in [0.25, 0.3) is 11.3 Å². The Morgan fingerprint density at radius 1 is 1.23 bits per heavy atom. The number of carboxylic acids is 1. The van der Waals surface area contributed by atoms with Crippen molar-refractivity contribution in [2.24, 2.45) is 11.7 Å². The minimum atomic E-state index is -0.805. The molecule has 0 spiro atoms. The van der Waals surface area contributed by atoms with Crippen molar-refractivity contribution in [3.63, 3.8) is 0 Å². The largest absolute Gasteiger partial charge is 0.481 e. The van der Waals surface area contributed by atoms with Gasteiger partial charge in [0.25, 0.3) is 11.5 Å². The molecule has 1 amide bonds. The predicted molar refractivity (Wildman–Crippen MR) is 111 cm³/mol. The summed E-state index contributed by atoms with van der Waals surface area (Å²) in [6.45, 7) is 2.08. The number of carbonyl (C=O) groups excluding carboxylic acids is 1. The number of aliphatic carboxylic acids is 1. The third-order valence-electron chi connectivity index (χ3n) is 5.42. The molecule has 1 aromatic heterocycles. The van der Waals surface area contributed by atoms with Crippen LogP contribution in [0.4, 0.5) is 0 Å². The highest BCUT2D eigenvalue weighted by Crippen LogP contribution is 2.25. The van der Waals surface area contributed by atoms with Gasteiger partial charge in [0.2, 0.25) is 0 Å². The molecule has 0 unspecified atom stereocenters. The van der Waals surface area contributed by atoms with Gasteiger partial charge >= 0.3 is 5.97 Å². The predicted octanol–water partition coefficient (Wildman–Crippen LogP) is 1.59. The molecule has 0 atom stereocenters. The zero-order chi connectivity index (χ0) is 21.8. The molecule has 0 aliphatic heterocycles. The molecule has 0 bridgehead atoms. The molecule has 1 saturated carbocycles. The molecule has 3 rings (SSSR count). The smallest absolute Gasteiger partial charge is 0.306 e. The Morgan fingerprint density at radius 2 is 1.87 bits per heavy atom. The second-order valence-electron chi connectivity index (χ2n) is 7.42. The Hall–Kier alpha value is -3.49. The average Bonchev–Trinajstić information content (AvgIpc) is 2.74. The van der Waals surface area contributed by atoms with Gasteiger partial charge in [-0.3, -0.25) is 19.8 Å². The number of nitrogen functional groups attached to an aromatic ring is 1. The number of amides is 1. The quantitative estimate of drug-likeness (QED) is 0.418. The normalized spacial score (nSPS) is 18.6. The summed E-state index contributed by atoms with van der Waals surface area (Å²) in [7, 11) is 0. The number of carbonyl (C=O) groups is 2. The molecule has 1 aliphatic rings. The Kier molecular flexibility index (Phi) is 6.29. The lowest BCUT2D eigenvalue weighted by Gasteiger charge is -2.26. The molecule has 30 heavy (non-hydrogen) atoms. The molecule has 1 fully saturated rings. The van der Waals surface area contributed by atoms with Crippen LogP contribution in [0, 0.1) is 11.3 Å². The lowest BCUT2D eigenvalue weighted by atomic mass is 9.86. The summed E-state index contributed by atoms with van der Waals surface area (Å²) in [4.78, 5) is 36.6. The first kappa shape index (κ1) is 21.2. The molecule has 0 radical (unpaired) electrons. The summed E-state index contributed by atoms with van der Waals surface area (Å²) in [6, 6.07) is 8.14. The molecule has 5 N–H and O–H groups in total. The zero-order valence-corrected chi connectivity index (χ0v) is 16.7. The molecule has 2 aromatic rings. The number of hydrogen-bond acceptors (Lipinski definition) is 5. The lowest BCUT2D eigenvalue weighted by Crippen LogP contribution is -2.41. The molecule has 1 aromatic carbocycles. The second-order valence-corrected chi connectivity index (χ2v) is 7.42. The molecule has 158 valence electrons. The van der Waals surface area contributed by atoms with Crippen LogP contribution in [0.2, 0.25) is 0 Å². The third-order valence-corrected chi connectivity index (χ3v) is 5.42. The number of nitrogens with one attached hydrogen (secondary N) is 2. The van der Waals surface area contributed by atoms with E-state index in [0.717, 1.165) is 0 Å². The van der Waals surface area contributed by atoms with E-state index in [4.69, 9.17) is 16.2 Å². The van der Waals surface area contributed by atoms with Crippen molar-refractivity contribution in [2.75, 3.05) is 0 Å². The van der Waals surface area contributed by atoms with Crippen molar-refractivity contribution < 1.29 is 14.7 Å². The molecule has 1 heterocycles. The Bertz CT molecular complexity index is 1020. The van der Waals surface area contributed by atoms with Crippen LogP contribution >= 0.6 is 0 Å². The molecule has 9 heteroatoms. The van der Waals surface area contributed by atoms with Gasteiger partial charge in [0.05, 0.1) is 11.6 Å². The summed E-state index contributed by atoms with van der Waals surface area (Å²) in [5.74, 6) is -1.71. The zero-order valence-electron chi connectivity index (χ0n) is 16.7. The Balaban J connectivity index is 1.84. The van der Waals surface area contributed by atoms with Crippen LogP contribution in [0.5, 0.6) is 0 Å². The third kappa shape index (κ3) is 4.56. The number of benzene rings is 1. The van der Waals surface area contributed by atoms with Crippen molar-refractivity contribution in [1.82, 2.24) is 15.1 Å². The van der Waals surface area contributed by atoms with E-state index in [9.17, 15) is 14.4 Å². The second kappa shape index (κ2) is 8.89. The standard InChI is InChI=1S/C21H25N5O4/c1-2-26-20(28)16(19(27)24-15-9-7-14(8-10-15)21(29)30)11-17(25-26)12-3-5-13(6-4-12)18(22)23/h3-6,11,14-15H,2,7-10H2,1H3,(H3,22,23)(H,24,27)(H,29,30)/t14-,15-. The van der Waals surface area contributed by atoms with Gasteiger partial charge in [-0.2, -0.15) is 5.10 Å². The van der Waals surface area contributed by atoms with Gasteiger partial charge in [0.15, 0.2) is 0 Å². The number of nitrogens with two attached hydrogens (primary N) is 1. The summed E-state index contributed by atoms with van der Waals surface area (Å²) in [5.41, 5.74) is 6.73. The van der Waals surface area contributed by atoms with E-state index < -0.39 is 17.4 Å². The summed E-state index contributed by atoms with van der Waals surface area (Å²) >= 11 is 0. The maximum Gasteiger partial charge on any atom is 0.306 e. The highest BCUT2D eigenvalue weighted by molar-refractivity contribution is 5.96. The van der Waals surface area contributed by atoms with E-state index in [-0.39, 0.29) is 23.4 Å². The number of carboxylic acid groups (broad SMARTS) is 1. The van der Waals surface area contributed by atoms with Crippen molar-refractivity contribution in [1.29, 1.82) is 5.41 Å². The van der Waals surface area contributed by atoms with Crippen molar-refractivity contribution in [2.45, 2.75) is 45.2 Å². The summed E-state index contributed by atoms with van der Waals surface area (Å²) < 4.78 is 1.24. The van der Waals surface area contributed by atoms with Crippen LogP contribution in [0.3, 0.4) is 0 Å². The Morgan fingerprint density at radius 3 is 2.40 bits per heavy atom. The molecule has 1 aliphatic carbocycles. The van der Waals surface area contributed by atoms with Crippen LogP contribution in [-0.2, 0) is 11.3 Å². The van der Waals surface area contributed by atoms with Crippen LogP contribution in [0.1, 0.15) is 48.5 Å². The van der Waals surface area contributed by atoms with E-state index in [1.807, 2.05) is 0 Å². The Labute approximate surface area is 173 Å². The van der Waals surface area contributed by atoms with Crippen molar-refractivity contribution in [3.8, 4) is 11.3 Å². The van der Waals surface area contributed by atoms with E-state index in [1.54, 1.807) is 31.2 Å². The maximum atomic E-state index is 12.8. The number of aromatic nitrogens is 2. The number of aryl methyl sites for hydroxylation is 1. The van der Waals surface area contributed by atoms with Gasteiger partial charge in [-0.25, -0.2) is 4.68 Å². The molecular formula is C21H25N5O4. The highest BCUT2D eigenvalue weighted by atomic mass is 16.4. The fourth-order valence-electron chi connectivity index (χ4n) is 3.63. The van der Waals surface area contributed by atoms with Crippen LogP contribution < -0.4 is 16.6 Å². The van der Waals surface area contributed by atoms with Crippen LogP contribution in [-0.4, -0.2) is 38.6 Å². The SMILES string of the molecule is CCn1nc(-c2ccc(C(=N)N)cc2)cc(C(=O)N[C@H]2CC[C@H](C(=O)O)CC2)c1=O. The minimum absolute atomic E-state index is 0.00199. The number of hydrogen-bond donors (Lipinski definition) is 4. The van der Waals surface area contributed by atoms with Crippen molar-refractivity contribution >= 4 is 17.7 Å². The van der Waals surface area contributed by atoms with Crippen molar-refractivity contribution in [3.05, 3.63) is 51.8 Å². The maximum absolute atomic E-state index is 12.8. The van der Waals surface area contributed by atoms with Crippen LogP contribution in [0.15, 0.2) is 35.1 Å². The summed E-state index contributed by atoms with van der Waals surface area (Å²) in [5, 5.41) is 23.8. The van der Waals surface area contributed by atoms with E-state index in [1.165, 1.54) is 10.7 Å². The average molecular weight is 411 g/mol. The first-order valence-corrected chi connectivity index (χ1v) is 9.90. The molecule has 9 nitrogen and oxygen atoms in total. The molecule has 0 saturated heterocycles. The highest BCUT2D eigenvalue weighted by Gasteiger charge is 2.27. The van der Waals surface area contributed by atoms with Gasteiger partial charge in [0, 0.05) is 23.7 Å². The van der Waals surface area contributed by atoms with E-state index in [0.29, 0.717) is 49.0 Å². The van der Waals surface area contributed by atoms with Gasteiger partial charge in [-0.15, -0.1) is 0 Å².